The zero-order valence-electron chi connectivity index (χ0n) is 12.6. The summed E-state index contributed by atoms with van der Waals surface area (Å²) in [5.74, 6) is -0.485. The summed E-state index contributed by atoms with van der Waals surface area (Å²) in [6, 6.07) is 8.63. The minimum absolute atomic E-state index is 0.0609. The maximum absolute atomic E-state index is 12.5. The highest BCUT2D eigenvalue weighted by atomic mass is 16.2. The first-order valence-corrected chi connectivity index (χ1v) is 7.38. The SMILES string of the molecule is CC(=O)N(C(=O)N1CCCCC1)C([C]=O)=Cc1ccccc1. The van der Waals surface area contributed by atoms with Crippen molar-refractivity contribution in [1.29, 1.82) is 0 Å². The largest absolute Gasteiger partial charge is 0.331 e. The van der Waals surface area contributed by atoms with E-state index in [1.54, 1.807) is 23.3 Å². The van der Waals surface area contributed by atoms with Crippen LogP contribution in [0.15, 0.2) is 36.0 Å². The van der Waals surface area contributed by atoms with Crippen LogP contribution in [-0.2, 0) is 9.59 Å². The number of hydrogen-bond donors (Lipinski definition) is 0. The molecule has 5 heteroatoms. The summed E-state index contributed by atoms with van der Waals surface area (Å²) in [6.45, 7) is 2.50. The minimum Gasteiger partial charge on any atom is -0.324 e. The summed E-state index contributed by atoms with van der Waals surface area (Å²) in [7, 11) is 0. The van der Waals surface area contributed by atoms with Crippen molar-refractivity contribution >= 4 is 24.3 Å². The van der Waals surface area contributed by atoms with Crippen LogP contribution < -0.4 is 0 Å². The van der Waals surface area contributed by atoms with Gasteiger partial charge in [0, 0.05) is 20.0 Å². The van der Waals surface area contributed by atoms with Gasteiger partial charge in [-0.15, -0.1) is 0 Å². The second-order valence-electron chi connectivity index (χ2n) is 5.23. The van der Waals surface area contributed by atoms with Crippen molar-refractivity contribution in [2.75, 3.05) is 13.1 Å². The van der Waals surface area contributed by atoms with Crippen LogP contribution in [0.5, 0.6) is 0 Å². The first kappa shape index (κ1) is 15.9. The molecular weight excluding hydrogens is 280 g/mol. The summed E-state index contributed by atoms with van der Waals surface area (Å²) in [6.07, 6.45) is 6.13. The van der Waals surface area contributed by atoms with E-state index in [1.165, 1.54) is 13.0 Å². The Balaban J connectivity index is 2.28. The lowest BCUT2D eigenvalue weighted by Gasteiger charge is -2.31. The smallest absolute Gasteiger partial charge is 0.324 e. The van der Waals surface area contributed by atoms with Crippen molar-refractivity contribution in [3.8, 4) is 0 Å². The fourth-order valence-electron chi connectivity index (χ4n) is 2.48. The van der Waals surface area contributed by atoms with E-state index in [0.717, 1.165) is 29.7 Å². The van der Waals surface area contributed by atoms with E-state index in [4.69, 9.17) is 0 Å². The molecule has 0 unspecified atom stereocenters. The maximum Gasteiger partial charge on any atom is 0.331 e. The number of carbonyl (C=O) groups excluding carboxylic acids is 3. The Bertz CT molecular complexity index is 575. The van der Waals surface area contributed by atoms with Crippen molar-refractivity contribution in [3.63, 3.8) is 0 Å². The molecule has 1 aliphatic rings. The molecule has 2 rings (SSSR count). The fourth-order valence-corrected chi connectivity index (χ4v) is 2.48. The van der Waals surface area contributed by atoms with Crippen LogP contribution in [-0.4, -0.2) is 41.1 Å². The summed E-state index contributed by atoms with van der Waals surface area (Å²) >= 11 is 0. The minimum atomic E-state index is -0.485. The molecule has 0 bridgehead atoms. The van der Waals surface area contributed by atoms with E-state index in [9.17, 15) is 14.4 Å². The van der Waals surface area contributed by atoms with Crippen molar-refractivity contribution in [1.82, 2.24) is 9.80 Å². The maximum atomic E-state index is 12.5. The van der Waals surface area contributed by atoms with Gasteiger partial charge in [0.15, 0.2) is 0 Å². The Morgan fingerprint density at radius 1 is 1.14 bits per heavy atom. The summed E-state index contributed by atoms with van der Waals surface area (Å²) in [4.78, 5) is 38.2. The van der Waals surface area contributed by atoms with Gasteiger partial charge in [-0.1, -0.05) is 30.3 Å². The van der Waals surface area contributed by atoms with Gasteiger partial charge in [0.1, 0.15) is 5.70 Å². The molecule has 115 valence electrons. The summed E-state index contributed by atoms with van der Waals surface area (Å²) in [5, 5.41) is 0. The number of rotatable bonds is 3. The highest BCUT2D eigenvalue weighted by molar-refractivity contribution is 6.02. The molecule has 0 spiro atoms. The van der Waals surface area contributed by atoms with Gasteiger partial charge in [-0.3, -0.25) is 9.59 Å². The van der Waals surface area contributed by atoms with Crippen molar-refractivity contribution in [3.05, 3.63) is 41.6 Å². The monoisotopic (exact) mass is 299 g/mol. The van der Waals surface area contributed by atoms with Gasteiger partial charge in [-0.2, -0.15) is 0 Å². The van der Waals surface area contributed by atoms with Gasteiger partial charge in [0.05, 0.1) is 0 Å². The molecule has 1 saturated heterocycles. The average Bonchev–Trinajstić information content (AvgIpc) is 2.55. The summed E-state index contributed by atoms with van der Waals surface area (Å²) < 4.78 is 0. The zero-order valence-corrected chi connectivity index (χ0v) is 12.6. The Kier molecular flexibility index (Phi) is 5.47. The molecule has 22 heavy (non-hydrogen) atoms. The van der Waals surface area contributed by atoms with Crippen LogP contribution >= 0.6 is 0 Å². The molecule has 0 atom stereocenters. The van der Waals surface area contributed by atoms with E-state index in [0.29, 0.717) is 13.1 Å². The van der Waals surface area contributed by atoms with Crippen molar-refractivity contribution in [2.45, 2.75) is 26.2 Å². The fraction of sp³-hybridized carbons (Fsp3) is 0.353. The van der Waals surface area contributed by atoms with E-state index in [2.05, 4.69) is 0 Å². The average molecular weight is 299 g/mol. The number of nitrogens with zero attached hydrogens (tertiary/aromatic N) is 2. The highest BCUT2D eigenvalue weighted by Crippen LogP contribution is 2.16. The lowest BCUT2D eigenvalue weighted by atomic mass is 10.1. The Morgan fingerprint density at radius 2 is 1.77 bits per heavy atom. The summed E-state index contributed by atoms with van der Waals surface area (Å²) in [5.41, 5.74) is 0.674. The molecule has 0 saturated carbocycles. The third-order valence-electron chi connectivity index (χ3n) is 3.58. The molecule has 0 aromatic heterocycles. The lowest BCUT2D eigenvalue weighted by molar-refractivity contribution is -0.124. The third-order valence-corrected chi connectivity index (χ3v) is 3.58. The van der Waals surface area contributed by atoms with Gasteiger partial charge < -0.3 is 4.90 Å². The quantitative estimate of drug-likeness (QED) is 0.806. The van der Waals surface area contributed by atoms with Gasteiger partial charge in [0.25, 0.3) is 6.29 Å². The number of piperidine rings is 1. The molecule has 3 amide bonds. The van der Waals surface area contributed by atoms with Crippen LogP contribution in [0.2, 0.25) is 0 Å². The number of carbonyl (C=O) groups is 2. The molecule has 1 aromatic carbocycles. The molecule has 0 aliphatic carbocycles. The number of hydrogen-bond acceptors (Lipinski definition) is 3. The van der Waals surface area contributed by atoms with Gasteiger partial charge >= 0.3 is 6.03 Å². The molecule has 0 N–H and O–H groups in total. The number of likely N-dealkylation sites (tertiary alicyclic amines) is 1. The van der Waals surface area contributed by atoms with E-state index in [-0.39, 0.29) is 5.70 Å². The first-order chi connectivity index (χ1) is 10.6. The Morgan fingerprint density at radius 3 is 2.32 bits per heavy atom. The van der Waals surface area contributed by atoms with Gasteiger partial charge in [0.2, 0.25) is 5.91 Å². The van der Waals surface area contributed by atoms with Crippen LogP contribution in [0.25, 0.3) is 6.08 Å². The molecular formula is C17H19N2O3. The third kappa shape index (κ3) is 3.81. The Hall–Kier alpha value is -2.43. The number of benzene rings is 1. The van der Waals surface area contributed by atoms with Crippen LogP contribution in [0, 0.1) is 0 Å². The van der Waals surface area contributed by atoms with E-state index >= 15 is 0 Å². The van der Waals surface area contributed by atoms with Crippen LogP contribution in [0.3, 0.4) is 0 Å². The van der Waals surface area contributed by atoms with Crippen LogP contribution in [0.1, 0.15) is 31.7 Å². The van der Waals surface area contributed by atoms with Gasteiger partial charge in [-0.25, -0.2) is 9.69 Å². The molecule has 1 fully saturated rings. The normalized spacial score (nSPS) is 15.3. The van der Waals surface area contributed by atoms with Gasteiger partial charge in [-0.05, 0) is 30.9 Å². The first-order valence-electron chi connectivity index (χ1n) is 7.38. The zero-order chi connectivity index (χ0) is 15.9. The molecule has 1 heterocycles. The molecule has 5 nitrogen and oxygen atoms in total. The van der Waals surface area contributed by atoms with Crippen molar-refractivity contribution < 1.29 is 14.4 Å². The molecule has 1 aliphatic heterocycles. The number of imide groups is 1. The second kappa shape index (κ2) is 7.54. The highest BCUT2D eigenvalue weighted by Gasteiger charge is 2.28. The molecule has 1 aromatic rings. The Labute approximate surface area is 130 Å². The topological polar surface area (TPSA) is 57.7 Å². The predicted molar refractivity (Wildman–Crippen MR) is 83.5 cm³/mol. The number of urea groups is 1. The van der Waals surface area contributed by atoms with E-state index in [1.807, 2.05) is 18.2 Å². The predicted octanol–water partition coefficient (Wildman–Crippen LogP) is 2.59. The number of allylic oxidation sites excluding steroid dienone is 1. The standard InChI is InChI=1S/C17H19N2O3/c1-14(21)19(17(22)18-10-6-3-7-11-18)16(13-20)12-15-8-4-2-5-9-15/h2,4-5,8-9,12H,3,6-7,10-11H2,1H3. The number of amides is 3. The van der Waals surface area contributed by atoms with Crippen LogP contribution in [0.4, 0.5) is 4.79 Å². The van der Waals surface area contributed by atoms with Crippen molar-refractivity contribution in [2.24, 2.45) is 0 Å². The molecule has 1 radical (unpaired) electrons. The van der Waals surface area contributed by atoms with E-state index < -0.39 is 11.9 Å². The lowest BCUT2D eigenvalue weighted by Crippen LogP contribution is -2.47. The second-order valence-corrected chi connectivity index (χ2v) is 5.23.